The molecule has 4 nitrogen and oxygen atoms in total. The maximum absolute atomic E-state index is 13.2. The van der Waals surface area contributed by atoms with Crippen molar-refractivity contribution in [3.8, 4) is 6.07 Å². The molecule has 2 aromatic rings. The molecule has 2 heterocycles. The second kappa shape index (κ2) is 4.65. The Bertz CT molecular complexity index is 645. The van der Waals surface area contributed by atoms with Gasteiger partial charge in [0.25, 0.3) is 0 Å². The fourth-order valence-corrected chi connectivity index (χ4v) is 2.27. The van der Waals surface area contributed by atoms with E-state index in [0.29, 0.717) is 18.1 Å². The van der Waals surface area contributed by atoms with Gasteiger partial charge in [0.15, 0.2) is 11.5 Å². The van der Waals surface area contributed by atoms with Gasteiger partial charge in [-0.3, -0.25) is 0 Å². The Morgan fingerprint density at radius 1 is 1.16 bits per heavy atom. The van der Waals surface area contributed by atoms with Gasteiger partial charge in [-0.2, -0.15) is 5.26 Å². The van der Waals surface area contributed by atoms with Crippen LogP contribution < -0.4 is 4.90 Å². The van der Waals surface area contributed by atoms with Gasteiger partial charge in [0.2, 0.25) is 0 Å². The molecule has 0 saturated heterocycles. The van der Waals surface area contributed by atoms with Gasteiger partial charge in [0, 0.05) is 13.1 Å². The Balaban J connectivity index is 1.86. The monoisotopic (exact) mass is 254 g/mol. The van der Waals surface area contributed by atoms with Crippen molar-refractivity contribution in [2.24, 2.45) is 0 Å². The molecule has 0 saturated carbocycles. The van der Waals surface area contributed by atoms with Crippen molar-refractivity contribution in [3.05, 3.63) is 53.0 Å². The van der Waals surface area contributed by atoms with Crippen LogP contribution in [0.1, 0.15) is 16.8 Å². The zero-order valence-corrected chi connectivity index (χ0v) is 10.2. The quantitative estimate of drug-likeness (QED) is 0.781. The van der Waals surface area contributed by atoms with Gasteiger partial charge in [0.05, 0.1) is 0 Å². The first-order valence-electron chi connectivity index (χ1n) is 6.02. The number of rotatable bonds is 1. The predicted octanol–water partition coefficient (Wildman–Crippen LogP) is 2.05. The molecule has 3 rings (SSSR count). The molecule has 19 heavy (non-hydrogen) atoms. The van der Waals surface area contributed by atoms with E-state index in [1.54, 1.807) is 18.2 Å². The molecule has 0 atom stereocenters. The van der Waals surface area contributed by atoms with E-state index in [0.717, 1.165) is 18.5 Å². The highest BCUT2D eigenvalue weighted by Crippen LogP contribution is 2.23. The van der Waals surface area contributed by atoms with Crippen LogP contribution >= 0.6 is 0 Å². The minimum atomic E-state index is -0.216. The molecule has 0 fully saturated rings. The van der Waals surface area contributed by atoms with Crippen molar-refractivity contribution in [3.63, 3.8) is 0 Å². The first-order chi connectivity index (χ1) is 9.26. The third kappa shape index (κ3) is 2.25. The van der Waals surface area contributed by atoms with Crippen LogP contribution in [0.15, 0.2) is 30.3 Å². The fourth-order valence-electron chi connectivity index (χ4n) is 2.27. The smallest absolute Gasteiger partial charge is 0.163 e. The summed E-state index contributed by atoms with van der Waals surface area (Å²) in [6.07, 6.45) is 0.858. The number of anilines is 1. The Labute approximate surface area is 110 Å². The van der Waals surface area contributed by atoms with E-state index in [1.807, 2.05) is 17.0 Å². The second-order valence-corrected chi connectivity index (χ2v) is 4.47. The Hall–Kier alpha value is -2.48. The summed E-state index contributed by atoms with van der Waals surface area (Å²) in [5, 5.41) is 16.5. The topological polar surface area (TPSA) is 52.8 Å². The zero-order chi connectivity index (χ0) is 13.2. The van der Waals surface area contributed by atoms with Crippen LogP contribution in [0.5, 0.6) is 0 Å². The first kappa shape index (κ1) is 11.6. The van der Waals surface area contributed by atoms with E-state index in [1.165, 1.54) is 11.6 Å². The average Bonchev–Trinajstić information content (AvgIpc) is 2.46. The highest BCUT2D eigenvalue weighted by molar-refractivity contribution is 5.44. The molecule has 5 heteroatoms. The maximum Gasteiger partial charge on any atom is 0.163 e. The Morgan fingerprint density at radius 3 is 2.79 bits per heavy atom. The van der Waals surface area contributed by atoms with Crippen LogP contribution in [0, 0.1) is 17.1 Å². The van der Waals surface area contributed by atoms with Gasteiger partial charge in [-0.25, -0.2) is 4.39 Å². The summed E-state index contributed by atoms with van der Waals surface area (Å²) < 4.78 is 13.2. The summed E-state index contributed by atoms with van der Waals surface area (Å²) in [7, 11) is 0. The Morgan fingerprint density at radius 2 is 2.05 bits per heavy atom. The van der Waals surface area contributed by atoms with Crippen molar-refractivity contribution in [1.29, 1.82) is 5.26 Å². The number of benzene rings is 1. The SMILES string of the molecule is N#Cc1ccc(N2CCc3ccc(F)cc3C2)nn1. The molecule has 1 aromatic carbocycles. The van der Waals surface area contributed by atoms with Crippen LogP contribution in [0.25, 0.3) is 0 Å². The van der Waals surface area contributed by atoms with E-state index < -0.39 is 0 Å². The molecule has 0 bridgehead atoms. The number of hydrogen-bond acceptors (Lipinski definition) is 4. The van der Waals surface area contributed by atoms with Gasteiger partial charge in [-0.1, -0.05) is 6.07 Å². The fraction of sp³-hybridized carbons (Fsp3) is 0.214. The van der Waals surface area contributed by atoms with Crippen molar-refractivity contribution < 1.29 is 4.39 Å². The predicted molar refractivity (Wildman–Crippen MR) is 67.9 cm³/mol. The van der Waals surface area contributed by atoms with E-state index in [-0.39, 0.29) is 5.82 Å². The molecule has 0 unspecified atom stereocenters. The van der Waals surface area contributed by atoms with Crippen LogP contribution in [0.2, 0.25) is 0 Å². The average molecular weight is 254 g/mol. The molecule has 0 N–H and O–H groups in total. The van der Waals surface area contributed by atoms with E-state index in [2.05, 4.69) is 10.2 Å². The number of fused-ring (bicyclic) bond motifs is 1. The molecule has 1 aliphatic rings. The molecule has 0 amide bonds. The van der Waals surface area contributed by atoms with Crippen LogP contribution in [-0.2, 0) is 13.0 Å². The summed E-state index contributed by atoms with van der Waals surface area (Å²) in [5.41, 5.74) is 2.46. The van der Waals surface area contributed by atoms with Crippen molar-refractivity contribution in [2.75, 3.05) is 11.4 Å². The van der Waals surface area contributed by atoms with Gasteiger partial charge < -0.3 is 4.90 Å². The maximum atomic E-state index is 13.2. The van der Waals surface area contributed by atoms with Crippen LogP contribution in [0.4, 0.5) is 10.2 Å². The molecule has 0 aliphatic carbocycles. The summed E-state index contributed by atoms with van der Waals surface area (Å²) in [6, 6.07) is 10.3. The van der Waals surface area contributed by atoms with Gasteiger partial charge >= 0.3 is 0 Å². The van der Waals surface area contributed by atoms with E-state index >= 15 is 0 Å². The van der Waals surface area contributed by atoms with Crippen LogP contribution in [0.3, 0.4) is 0 Å². The minimum absolute atomic E-state index is 0.216. The number of nitrogens with zero attached hydrogens (tertiary/aromatic N) is 4. The zero-order valence-electron chi connectivity index (χ0n) is 10.2. The van der Waals surface area contributed by atoms with Crippen molar-refractivity contribution >= 4 is 5.82 Å². The highest BCUT2D eigenvalue weighted by Gasteiger charge is 2.18. The number of hydrogen-bond donors (Lipinski definition) is 0. The molecule has 94 valence electrons. The largest absolute Gasteiger partial charge is 0.350 e. The lowest BCUT2D eigenvalue weighted by Gasteiger charge is -2.29. The second-order valence-electron chi connectivity index (χ2n) is 4.47. The normalized spacial score (nSPS) is 13.8. The summed E-state index contributed by atoms with van der Waals surface area (Å²) in [5.74, 6) is 0.500. The van der Waals surface area contributed by atoms with Crippen molar-refractivity contribution in [1.82, 2.24) is 10.2 Å². The molecule has 0 radical (unpaired) electrons. The van der Waals surface area contributed by atoms with Gasteiger partial charge in [-0.15, -0.1) is 10.2 Å². The first-order valence-corrected chi connectivity index (χ1v) is 6.02. The van der Waals surface area contributed by atoms with Crippen LogP contribution in [-0.4, -0.2) is 16.7 Å². The van der Waals surface area contributed by atoms with E-state index in [4.69, 9.17) is 5.26 Å². The lowest BCUT2D eigenvalue weighted by Crippen LogP contribution is -2.31. The third-order valence-corrected chi connectivity index (χ3v) is 3.27. The van der Waals surface area contributed by atoms with Gasteiger partial charge in [-0.05, 0) is 41.8 Å². The lowest BCUT2D eigenvalue weighted by atomic mass is 10.00. The number of nitriles is 1. The van der Waals surface area contributed by atoms with Crippen molar-refractivity contribution in [2.45, 2.75) is 13.0 Å². The summed E-state index contributed by atoms with van der Waals surface area (Å²) in [4.78, 5) is 2.04. The molecular weight excluding hydrogens is 243 g/mol. The summed E-state index contributed by atoms with van der Waals surface area (Å²) in [6.45, 7) is 1.44. The van der Waals surface area contributed by atoms with Gasteiger partial charge in [0.1, 0.15) is 11.9 Å². The molecule has 1 aliphatic heterocycles. The standard InChI is InChI=1S/C14H11FN4/c15-12-2-1-10-5-6-19(9-11(10)7-12)14-4-3-13(8-16)17-18-14/h1-4,7H,5-6,9H2. The molecular formula is C14H11FN4. The lowest BCUT2D eigenvalue weighted by molar-refractivity contribution is 0.618. The number of aromatic nitrogens is 2. The third-order valence-electron chi connectivity index (χ3n) is 3.27. The molecule has 1 aromatic heterocycles. The highest BCUT2D eigenvalue weighted by atomic mass is 19.1. The number of halogens is 1. The van der Waals surface area contributed by atoms with E-state index in [9.17, 15) is 4.39 Å². The minimum Gasteiger partial charge on any atom is -0.350 e. The summed E-state index contributed by atoms with van der Waals surface area (Å²) >= 11 is 0. The Kier molecular flexibility index (Phi) is 2.84. The molecule has 0 spiro atoms.